The van der Waals surface area contributed by atoms with E-state index in [0.717, 1.165) is 49.3 Å². The van der Waals surface area contributed by atoms with Gasteiger partial charge in [0, 0.05) is 38.0 Å². The molecule has 6 nitrogen and oxygen atoms in total. The number of benzene rings is 1. The molecule has 0 aliphatic carbocycles. The minimum absolute atomic E-state index is 0.00260. The van der Waals surface area contributed by atoms with Crippen molar-refractivity contribution in [1.82, 2.24) is 9.80 Å². The molecule has 2 saturated heterocycles. The summed E-state index contributed by atoms with van der Waals surface area (Å²) in [6.07, 6.45) is 3.42. The van der Waals surface area contributed by atoms with Crippen molar-refractivity contribution in [2.75, 3.05) is 33.9 Å². The van der Waals surface area contributed by atoms with Crippen molar-refractivity contribution < 1.29 is 19.1 Å². The van der Waals surface area contributed by atoms with Crippen LogP contribution in [0.3, 0.4) is 0 Å². The van der Waals surface area contributed by atoms with Crippen molar-refractivity contribution in [3.63, 3.8) is 0 Å². The maximum atomic E-state index is 13.2. The van der Waals surface area contributed by atoms with Gasteiger partial charge in [-0.15, -0.1) is 0 Å². The van der Waals surface area contributed by atoms with Crippen LogP contribution in [0.2, 0.25) is 0 Å². The Kier molecular flexibility index (Phi) is 5.69. The summed E-state index contributed by atoms with van der Waals surface area (Å²) in [5.74, 6) is 1.87. The number of amides is 2. The van der Waals surface area contributed by atoms with Crippen LogP contribution in [0, 0.1) is 5.92 Å². The van der Waals surface area contributed by atoms with E-state index in [1.165, 1.54) is 0 Å². The topological polar surface area (TPSA) is 59.1 Å². The normalized spacial score (nSPS) is 21.0. The molecule has 0 bridgehead atoms. The van der Waals surface area contributed by atoms with Gasteiger partial charge < -0.3 is 19.3 Å². The van der Waals surface area contributed by atoms with Crippen LogP contribution in [-0.2, 0) is 9.59 Å². The van der Waals surface area contributed by atoms with Gasteiger partial charge in [0.1, 0.15) is 11.5 Å². The standard InChI is InChI=1S/C20H28N2O4/c1-14(23)21-11-8-15(9-12-21)20(24)22-10-4-5-18(22)17-13-16(25-2)6-7-19(17)26-3/h6-7,13,15,18H,4-5,8-12H2,1-3H3. The van der Waals surface area contributed by atoms with Crippen LogP contribution in [0.25, 0.3) is 0 Å². The first-order valence-electron chi connectivity index (χ1n) is 9.33. The van der Waals surface area contributed by atoms with Crippen molar-refractivity contribution >= 4 is 11.8 Å². The van der Waals surface area contributed by atoms with Gasteiger partial charge in [-0.1, -0.05) is 0 Å². The summed E-state index contributed by atoms with van der Waals surface area (Å²) in [5.41, 5.74) is 1.01. The first-order valence-corrected chi connectivity index (χ1v) is 9.33. The minimum atomic E-state index is 0.00260. The summed E-state index contributed by atoms with van der Waals surface area (Å²) >= 11 is 0. The van der Waals surface area contributed by atoms with E-state index in [4.69, 9.17) is 9.47 Å². The summed E-state index contributed by atoms with van der Waals surface area (Å²) in [5, 5.41) is 0. The van der Waals surface area contributed by atoms with E-state index in [-0.39, 0.29) is 23.8 Å². The molecular formula is C20H28N2O4. The molecule has 0 radical (unpaired) electrons. The molecule has 1 atom stereocenters. The third-order valence-corrected chi connectivity index (χ3v) is 5.62. The molecule has 1 aromatic rings. The van der Waals surface area contributed by atoms with Crippen LogP contribution in [0.5, 0.6) is 11.5 Å². The Morgan fingerprint density at radius 3 is 2.38 bits per heavy atom. The first-order chi connectivity index (χ1) is 12.5. The molecule has 2 heterocycles. The van der Waals surface area contributed by atoms with Gasteiger partial charge in [0.05, 0.1) is 20.3 Å². The lowest BCUT2D eigenvalue weighted by atomic mass is 9.94. The highest BCUT2D eigenvalue weighted by molar-refractivity contribution is 5.80. The van der Waals surface area contributed by atoms with Crippen LogP contribution in [0.15, 0.2) is 18.2 Å². The number of rotatable bonds is 4. The molecule has 0 aromatic heterocycles. The van der Waals surface area contributed by atoms with E-state index in [0.29, 0.717) is 13.1 Å². The van der Waals surface area contributed by atoms with Crippen LogP contribution in [0.4, 0.5) is 0 Å². The summed E-state index contributed by atoms with van der Waals surface area (Å²) in [6.45, 7) is 3.71. The summed E-state index contributed by atoms with van der Waals surface area (Å²) < 4.78 is 10.9. The average molecular weight is 360 g/mol. The maximum absolute atomic E-state index is 13.2. The van der Waals surface area contributed by atoms with Crippen molar-refractivity contribution in [3.8, 4) is 11.5 Å². The fraction of sp³-hybridized carbons (Fsp3) is 0.600. The highest BCUT2D eigenvalue weighted by atomic mass is 16.5. The second kappa shape index (κ2) is 7.98. The van der Waals surface area contributed by atoms with Gasteiger partial charge in [-0.2, -0.15) is 0 Å². The molecule has 26 heavy (non-hydrogen) atoms. The van der Waals surface area contributed by atoms with Gasteiger partial charge >= 0.3 is 0 Å². The highest BCUT2D eigenvalue weighted by Crippen LogP contribution is 2.40. The Hall–Kier alpha value is -2.24. The van der Waals surface area contributed by atoms with E-state index in [9.17, 15) is 9.59 Å². The van der Waals surface area contributed by atoms with E-state index in [2.05, 4.69) is 0 Å². The van der Waals surface area contributed by atoms with E-state index < -0.39 is 0 Å². The monoisotopic (exact) mass is 360 g/mol. The Labute approximate surface area is 155 Å². The predicted octanol–water partition coefficient (Wildman–Crippen LogP) is 2.63. The molecule has 0 N–H and O–H groups in total. The smallest absolute Gasteiger partial charge is 0.226 e. The summed E-state index contributed by atoms with van der Waals surface area (Å²) in [6, 6.07) is 5.79. The number of nitrogens with zero attached hydrogens (tertiary/aromatic N) is 2. The number of methoxy groups -OCH3 is 2. The number of hydrogen-bond acceptors (Lipinski definition) is 4. The summed E-state index contributed by atoms with van der Waals surface area (Å²) in [7, 11) is 3.30. The third-order valence-electron chi connectivity index (χ3n) is 5.62. The molecule has 2 aliphatic heterocycles. The average Bonchev–Trinajstić information content (AvgIpc) is 3.16. The lowest BCUT2D eigenvalue weighted by molar-refractivity contribution is -0.140. The summed E-state index contributed by atoms with van der Waals surface area (Å²) in [4.78, 5) is 28.5. The molecule has 2 aliphatic rings. The number of ether oxygens (including phenoxy) is 2. The molecule has 0 spiro atoms. The predicted molar refractivity (Wildman–Crippen MR) is 98.2 cm³/mol. The molecule has 2 fully saturated rings. The van der Waals surface area contributed by atoms with Crippen LogP contribution in [0.1, 0.15) is 44.2 Å². The van der Waals surface area contributed by atoms with Gasteiger partial charge in [-0.05, 0) is 43.9 Å². The Morgan fingerprint density at radius 1 is 1.04 bits per heavy atom. The van der Waals surface area contributed by atoms with Crippen molar-refractivity contribution in [1.29, 1.82) is 0 Å². The molecule has 2 amide bonds. The number of piperidine rings is 1. The van der Waals surface area contributed by atoms with Crippen LogP contribution >= 0.6 is 0 Å². The Bertz CT molecular complexity index is 668. The molecule has 142 valence electrons. The molecule has 0 saturated carbocycles. The molecule has 6 heteroatoms. The van der Waals surface area contributed by atoms with Crippen molar-refractivity contribution in [2.45, 2.75) is 38.6 Å². The second-order valence-corrected chi connectivity index (χ2v) is 7.08. The quantitative estimate of drug-likeness (QED) is 0.828. The molecule has 1 aromatic carbocycles. The molecular weight excluding hydrogens is 332 g/mol. The van der Waals surface area contributed by atoms with E-state index in [1.54, 1.807) is 21.1 Å². The largest absolute Gasteiger partial charge is 0.497 e. The van der Waals surface area contributed by atoms with Crippen molar-refractivity contribution in [2.24, 2.45) is 5.92 Å². The van der Waals surface area contributed by atoms with Gasteiger partial charge in [0.2, 0.25) is 11.8 Å². The minimum Gasteiger partial charge on any atom is -0.497 e. The Balaban J connectivity index is 1.76. The van der Waals surface area contributed by atoms with E-state index in [1.807, 2.05) is 28.0 Å². The first kappa shape index (κ1) is 18.5. The maximum Gasteiger partial charge on any atom is 0.226 e. The van der Waals surface area contributed by atoms with Crippen molar-refractivity contribution in [3.05, 3.63) is 23.8 Å². The lowest BCUT2D eigenvalue weighted by Crippen LogP contribution is -2.43. The number of hydrogen-bond donors (Lipinski definition) is 0. The zero-order valence-electron chi connectivity index (χ0n) is 15.9. The fourth-order valence-corrected chi connectivity index (χ4v) is 4.13. The number of carbonyl (C=O) groups excluding carboxylic acids is 2. The zero-order chi connectivity index (χ0) is 18.7. The van der Waals surface area contributed by atoms with Crippen LogP contribution in [-0.4, -0.2) is 55.5 Å². The lowest BCUT2D eigenvalue weighted by Gasteiger charge is -2.35. The molecule has 3 rings (SSSR count). The number of likely N-dealkylation sites (tertiary alicyclic amines) is 2. The Morgan fingerprint density at radius 2 is 1.77 bits per heavy atom. The SMILES string of the molecule is COc1ccc(OC)c(C2CCCN2C(=O)C2CCN(C(C)=O)CC2)c1. The van der Waals surface area contributed by atoms with E-state index >= 15 is 0 Å². The van der Waals surface area contributed by atoms with Gasteiger partial charge in [0.15, 0.2) is 0 Å². The molecule has 1 unspecified atom stereocenters. The third kappa shape index (κ3) is 3.64. The van der Waals surface area contributed by atoms with Gasteiger partial charge in [-0.3, -0.25) is 9.59 Å². The second-order valence-electron chi connectivity index (χ2n) is 7.08. The zero-order valence-corrected chi connectivity index (χ0v) is 15.9. The van der Waals surface area contributed by atoms with Crippen LogP contribution < -0.4 is 9.47 Å². The van der Waals surface area contributed by atoms with Gasteiger partial charge in [0.25, 0.3) is 0 Å². The number of carbonyl (C=O) groups is 2. The highest BCUT2D eigenvalue weighted by Gasteiger charge is 2.36. The van der Waals surface area contributed by atoms with Gasteiger partial charge in [-0.25, -0.2) is 0 Å². The fourth-order valence-electron chi connectivity index (χ4n) is 4.13.